The second-order valence-corrected chi connectivity index (χ2v) is 8.20. The van der Waals surface area contributed by atoms with E-state index in [0.29, 0.717) is 19.1 Å². The average Bonchev–Trinajstić information content (AvgIpc) is 2.73. The van der Waals surface area contributed by atoms with Gasteiger partial charge < -0.3 is 9.64 Å². The van der Waals surface area contributed by atoms with E-state index in [2.05, 4.69) is 28.9 Å². The van der Waals surface area contributed by atoms with Crippen molar-refractivity contribution in [2.24, 2.45) is 0 Å². The van der Waals surface area contributed by atoms with Crippen molar-refractivity contribution >= 4 is 5.91 Å². The maximum atomic E-state index is 11.6. The van der Waals surface area contributed by atoms with Gasteiger partial charge in [0.2, 0.25) is 5.91 Å². The Morgan fingerprint density at radius 3 is 3.03 bits per heavy atom. The molecule has 6 nitrogen and oxygen atoms in total. The Morgan fingerprint density at radius 2 is 2.21 bits per heavy atom. The number of hydrogen-bond acceptors (Lipinski definition) is 5. The highest BCUT2D eigenvalue weighted by atomic mass is 16.5. The topological polar surface area (TPSA) is 58.6 Å². The maximum absolute atomic E-state index is 11.6. The van der Waals surface area contributed by atoms with Gasteiger partial charge in [-0.3, -0.25) is 9.69 Å². The molecule has 0 unspecified atom stereocenters. The van der Waals surface area contributed by atoms with Crippen LogP contribution in [0.4, 0.5) is 0 Å². The number of hydrogen-bond donors (Lipinski definition) is 0. The molecule has 0 spiro atoms. The van der Waals surface area contributed by atoms with E-state index < -0.39 is 0 Å². The third-order valence-corrected chi connectivity index (χ3v) is 5.93. The molecule has 0 N–H and O–H groups in total. The molecule has 1 fully saturated rings. The summed E-state index contributed by atoms with van der Waals surface area (Å²) < 4.78 is 5.93. The van der Waals surface area contributed by atoms with Crippen LogP contribution in [0.5, 0.6) is 5.75 Å². The number of benzene rings is 1. The fourth-order valence-corrected chi connectivity index (χ4v) is 4.26. The van der Waals surface area contributed by atoms with Crippen molar-refractivity contribution in [3.63, 3.8) is 0 Å². The predicted octanol–water partition coefficient (Wildman–Crippen LogP) is 2.95. The number of nitrogens with zero attached hydrogens (tertiary/aromatic N) is 4. The molecule has 0 bridgehead atoms. The molecule has 154 valence electrons. The molecule has 1 atom stereocenters. The van der Waals surface area contributed by atoms with Crippen LogP contribution in [0.25, 0.3) is 0 Å². The van der Waals surface area contributed by atoms with Crippen LogP contribution in [0.15, 0.2) is 30.5 Å². The van der Waals surface area contributed by atoms with Crippen molar-refractivity contribution in [1.29, 1.82) is 0 Å². The molecule has 3 heterocycles. The molecule has 4 rings (SSSR count). The number of carbonyl (C=O) groups excluding carboxylic acids is 1. The molecule has 0 saturated carbocycles. The minimum Gasteiger partial charge on any atom is -0.492 e. The summed E-state index contributed by atoms with van der Waals surface area (Å²) in [7, 11) is 0. The highest BCUT2D eigenvalue weighted by molar-refractivity contribution is 5.73. The number of ether oxygens (including phenoxy) is 1. The fraction of sp³-hybridized carbons (Fsp3) is 0.522. The SMILES string of the molecule is CC(=O)N1CCc2nc([C@H]3CCCN(CCOc4cccc(C)c4)C3)ncc2C1. The highest BCUT2D eigenvalue weighted by Gasteiger charge is 2.26. The number of fused-ring (bicyclic) bond motifs is 1. The molecule has 6 heteroatoms. The van der Waals surface area contributed by atoms with E-state index in [4.69, 9.17) is 9.72 Å². The number of carbonyl (C=O) groups is 1. The molecule has 2 aromatic rings. The molecule has 2 aliphatic heterocycles. The van der Waals surface area contributed by atoms with Gasteiger partial charge in [-0.1, -0.05) is 12.1 Å². The maximum Gasteiger partial charge on any atom is 0.219 e. The lowest BCUT2D eigenvalue weighted by molar-refractivity contribution is -0.129. The quantitative estimate of drug-likeness (QED) is 0.780. The monoisotopic (exact) mass is 394 g/mol. The normalized spacial score (nSPS) is 19.7. The summed E-state index contributed by atoms with van der Waals surface area (Å²) in [5, 5.41) is 0. The minimum atomic E-state index is 0.121. The van der Waals surface area contributed by atoms with Crippen LogP contribution < -0.4 is 4.74 Å². The van der Waals surface area contributed by atoms with E-state index in [0.717, 1.165) is 68.3 Å². The van der Waals surface area contributed by atoms with Gasteiger partial charge in [-0.2, -0.15) is 0 Å². The van der Waals surface area contributed by atoms with E-state index >= 15 is 0 Å². The lowest BCUT2D eigenvalue weighted by Gasteiger charge is -2.32. The van der Waals surface area contributed by atoms with Crippen molar-refractivity contribution in [1.82, 2.24) is 19.8 Å². The number of aromatic nitrogens is 2. The Kier molecular flexibility index (Phi) is 6.09. The third-order valence-electron chi connectivity index (χ3n) is 5.93. The molecule has 2 aliphatic rings. The van der Waals surface area contributed by atoms with Crippen LogP contribution in [0.3, 0.4) is 0 Å². The lowest BCUT2D eigenvalue weighted by atomic mass is 9.96. The molecule has 29 heavy (non-hydrogen) atoms. The van der Waals surface area contributed by atoms with Crippen molar-refractivity contribution in [2.45, 2.75) is 45.6 Å². The zero-order chi connectivity index (χ0) is 20.2. The summed E-state index contributed by atoms with van der Waals surface area (Å²) in [5.74, 6) is 2.40. The van der Waals surface area contributed by atoms with Gasteiger partial charge in [-0.15, -0.1) is 0 Å². The van der Waals surface area contributed by atoms with E-state index in [1.165, 1.54) is 5.56 Å². The first-order chi connectivity index (χ1) is 14.1. The Bertz CT molecular complexity index is 870. The molecular weight excluding hydrogens is 364 g/mol. The van der Waals surface area contributed by atoms with Gasteiger partial charge in [0.25, 0.3) is 0 Å². The summed E-state index contributed by atoms with van der Waals surface area (Å²) >= 11 is 0. The number of likely N-dealkylation sites (tertiary alicyclic amines) is 1. The molecule has 0 aliphatic carbocycles. The van der Waals surface area contributed by atoms with Gasteiger partial charge in [0.05, 0.1) is 5.69 Å². The van der Waals surface area contributed by atoms with Crippen LogP contribution in [0.1, 0.15) is 48.3 Å². The summed E-state index contributed by atoms with van der Waals surface area (Å²) in [4.78, 5) is 25.5. The van der Waals surface area contributed by atoms with Crippen molar-refractivity contribution in [3.8, 4) is 5.75 Å². The van der Waals surface area contributed by atoms with Crippen molar-refractivity contribution in [3.05, 3.63) is 53.1 Å². The lowest BCUT2D eigenvalue weighted by Crippen LogP contribution is -2.38. The Hall–Kier alpha value is -2.47. The van der Waals surface area contributed by atoms with Gasteiger partial charge >= 0.3 is 0 Å². The fourth-order valence-electron chi connectivity index (χ4n) is 4.26. The van der Waals surface area contributed by atoms with Crippen LogP contribution in [0, 0.1) is 6.92 Å². The molecule has 0 radical (unpaired) electrons. The number of rotatable bonds is 5. The summed E-state index contributed by atoms with van der Waals surface area (Å²) in [5.41, 5.74) is 3.43. The average molecular weight is 395 g/mol. The van der Waals surface area contributed by atoms with Gasteiger partial charge in [0, 0.05) is 57.2 Å². The zero-order valence-electron chi connectivity index (χ0n) is 17.4. The highest BCUT2D eigenvalue weighted by Crippen LogP contribution is 2.26. The summed E-state index contributed by atoms with van der Waals surface area (Å²) in [6.07, 6.45) is 5.05. The van der Waals surface area contributed by atoms with E-state index in [9.17, 15) is 4.79 Å². The smallest absolute Gasteiger partial charge is 0.219 e. The third kappa shape index (κ3) is 4.93. The number of piperidine rings is 1. The predicted molar refractivity (Wildman–Crippen MR) is 112 cm³/mol. The number of aryl methyl sites for hydroxylation is 1. The summed E-state index contributed by atoms with van der Waals surface area (Å²) in [6, 6.07) is 8.20. The molecular formula is C23H30N4O2. The van der Waals surface area contributed by atoms with E-state index in [-0.39, 0.29) is 5.91 Å². The van der Waals surface area contributed by atoms with Crippen LogP contribution >= 0.6 is 0 Å². The minimum absolute atomic E-state index is 0.121. The Balaban J connectivity index is 1.33. The summed E-state index contributed by atoms with van der Waals surface area (Å²) in [6.45, 7) is 8.80. The second-order valence-electron chi connectivity index (χ2n) is 8.20. The first kappa shape index (κ1) is 19.8. The van der Waals surface area contributed by atoms with Gasteiger partial charge in [0.15, 0.2) is 0 Å². The van der Waals surface area contributed by atoms with Crippen LogP contribution in [0.2, 0.25) is 0 Å². The van der Waals surface area contributed by atoms with Crippen LogP contribution in [-0.2, 0) is 17.8 Å². The zero-order valence-corrected chi connectivity index (χ0v) is 17.4. The number of amides is 1. The van der Waals surface area contributed by atoms with E-state index in [1.807, 2.05) is 23.2 Å². The van der Waals surface area contributed by atoms with Gasteiger partial charge in [0.1, 0.15) is 18.2 Å². The van der Waals surface area contributed by atoms with E-state index in [1.54, 1.807) is 6.92 Å². The second kappa shape index (κ2) is 8.91. The first-order valence-electron chi connectivity index (χ1n) is 10.6. The molecule has 1 aromatic carbocycles. The van der Waals surface area contributed by atoms with Gasteiger partial charge in [-0.25, -0.2) is 9.97 Å². The van der Waals surface area contributed by atoms with Gasteiger partial charge in [-0.05, 0) is 44.0 Å². The Morgan fingerprint density at radius 1 is 1.31 bits per heavy atom. The largest absolute Gasteiger partial charge is 0.492 e. The van der Waals surface area contributed by atoms with Crippen molar-refractivity contribution in [2.75, 3.05) is 32.8 Å². The standard InChI is InChI=1S/C23H30N4O2/c1-17-5-3-7-21(13-17)29-12-11-26-9-4-6-19(15-26)23-24-14-20-16-27(18(2)28)10-8-22(20)25-23/h3,5,7,13-14,19H,4,6,8-12,15-16H2,1-2H3/t19-/m0/s1. The Labute approximate surface area is 172 Å². The van der Waals surface area contributed by atoms with Crippen LogP contribution in [-0.4, -0.2) is 58.5 Å². The molecule has 1 aromatic heterocycles. The first-order valence-corrected chi connectivity index (χ1v) is 10.6. The van der Waals surface area contributed by atoms with Crippen molar-refractivity contribution < 1.29 is 9.53 Å². The molecule has 1 saturated heterocycles. The molecule has 1 amide bonds.